The maximum Gasteiger partial charge on any atom is 0.306 e. The second-order valence-electron chi connectivity index (χ2n) is 4.47. The van der Waals surface area contributed by atoms with Crippen LogP contribution in [0, 0.1) is 10.1 Å². The lowest BCUT2D eigenvalue weighted by molar-refractivity contribution is -0.384. The number of aromatic amines is 1. The number of nitrogens with zero attached hydrogens (tertiary/aromatic N) is 2. The number of aryl methyl sites for hydroxylation is 1. The van der Waals surface area contributed by atoms with E-state index in [1.165, 1.54) is 18.2 Å². The first-order chi connectivity index (χ1) is 10.1. The quantitative estimate of drug-likeness (QED) is 0.366. The molecule has 1 heterocycles. The minimum Gasteiger partial charge on any atom is -0.461 e. The van der Waals surface area contributed by atoms with Crippen molar-refractivity contribution in [2.24, 2.45) is 0 Å². The number of H-pyrrole nitrogens is 1. The molecule has 0 spiro atoms. The Morgan fingerprint density at radius 3 is 2.95 bits per heavy atom. The van der Waals surface area contributed by atoms with Gasteiger partial charge in [0.15, 0.2) is 0 Å². The Balaban J connectivity index is 0.00000242. The first-order valence-corrected chi connectivity index (χ1v) is 6.49. The normalized spacial score (nSPS) is 10.0. The zero-order valence-corrected chi connectivity index (χ0v) is 11.4. The Hall–Kier alpha value is -2.70. The topological polar surface area (TPSA) is 98.1 Å². The van der Waals surface area contributed by atoms with E-state index in [1.807, 2.05) is 0 Å². The molecule has 22 heavy (non-hydrogen) atoms. The van der Waals surface area contributed by atoms with Gasteiger partial charge in [0.2, 0.25) is 0 Å². The van der Waals surface area contributed by atoms with Crippen molar-refractivity contribution >= 4 is 22.7 Å². The molecule has 0 aliphatic carbocycles. The van der Waals surface area contributed by atoms with Crippen LogP contribution in [0.25, 0.3) is 11.0 Å². The monoisotopic (exact) mass is 305 g/mol. The number of carbonyl (C=O) groups excluding carboxylic acids is 1. The third-order valence-electron chi connectivity index (χ3n) is 2.88. The van der Waals surface area contributed by atoms with Gasteiger partial charge in [0.25, 0.3) is 5.69 Å². The Morgan fingerprint density at radius 2 is 2.27 bits per heavy atom. The number of nitro benzene ring substituents is 1. The van der Waals surface area contributed by atoms with Crippen molar-refractivity contribution < 1.29 is 14.5 Å². The van der Waals surface area contributed by atoms with Crippen LogP contribution in [0.1, 0.15) is 26.1 Å². The summed E-state index contributed by atoms with van der Waals surface area (Å²) >= 11 is 0. The van der Waals surface area contributed by atoms with Crippen LogP contribution in [-0.2, 0) is 16.0 Å². The summed E-state index contributed by atoms with van der Waals surface area (Å²) in [5.41, 5.74) is 1.31. The number of nitro groups is 1. The van der Waals surface area contributed by atoms with E-state index in [-0.39, 0.29) is 25.7 Å². The minimum atomic E-state index is -0.449. The maximum absolute atomic E-state index is 11.3. The highest BCUT2D eigenvalue weighted by Gasteiger charge is 2.10. The third-order valence-corrected chi connectivity index (χ3v) is 2.88. The van der Waals surface area contributed by atoms with Gasteiger partial charge in [-0.15, -0.1) is 0 Å². The van der Waals surface area contributed by atoms with Crippen LogP contribution in [-0.4, -0.2) is 27.5 Å². The van der Waals surface area contributed by atoms with Crippen LogP contribution in [0.2, 0.25) is 0 Å². The molecule has 0 amide bonds. The number of imidazole rings is 1. The summed E-state index contributed by atoms with van der Waals surface area (Å²) in [6.45, 7) is 3.68. The molecule has 1 aromatic carbocycles. The van der Waals surface area contributed by atoms with Crippen LogP contribution in [0.5, 0.6) is 0 Å². The number of nitrogens with one attached hydrogen (secondary N) is 1. The van der Waals surface area contributed by atoms with E-state index < -0.39 is 4.92 Å². The number of esters is 1. The van der Waals surface area contributed by atoms with Crippen LogP contribution in [0.3, 0.4) is 0 Å². The van der Waals surface area contributed by atoms with Crippen molar-refractivity contribution in [2.75, 3.05) is 6.61 Å². The molecule has 2 aromatic rings. The predicted octanol–water partition coefficient (Wildman–Crippen LogP) is 3.16. The predicted molar refractivity (Wildman–Crippen MR) is 83.6 cm³/mol. The van der Waals surface area contributed by atoms with Gasteiger partial charge < -0.3 is 9.72 Å². The van der Waals surface area contributed by atoms with Gasteiger partial charge in [-0.1, -0.05) is 20.1 Å². The lowest BCUT2D eigenvalue weighted by Crippen LogP contribution is -2.04. The number of fused-ring (bicyclic) bond motifs is 1. The van der Waals surface area contributed by atoms with Gasteiger partial charge >= 0.3 is 5.97 Å². The summed E-state index contributed by atoms with van der Waals surface area (Å²) in [5.74, 6) is 0.420. The first kappa shape index (κ1) is 17.4. The van der Waals surface area contributed by atoms with Crippen molar-refractivity contribution in [1.29, 1.82) is 0 Å². The Bertz CT molecular complexity index is 678. The van der Waals surface area contributed by atoms with Gasteiger partial charge in [-0.05, 0) is 12.5 Å². The molecule has 0 atom stereocenters. The summed E-state index contributed by atoms with van der Waals surface area (Å²) in [6.07, 6.45) is 2.98. The highest BCUT2D eigenvalue weighted by atomic mass is 16.6. The Labute approximate surface area is 128 Å². The van der Waals surface area contributed by atoms with E-state index in [0.29, 0.717) is 36.1 Å². The summed E-state index contributed by atoms with van der Waals surface area (Å²) in [4.78, 5) is 28.9. The van der Waals surface area contributed by atoms with Gasteiger partial charge in [-0.2, -0.15) is 0 Å². The maximum atomic E-state index is 11.3. The number of carbonyl (C=O) groups is 1. The highest BCUT2D eigenvalue weighted by Crippen LogP contribution is 2.19. The van der Waals surface area contributed by atoms with E-state index >= 15 is 0 Å². The number of aromatic nitrogens is 2. The average Bonchev–Trinajstić information content (AvgIpc) is 2.86. The zero-order valence-electron chi connectivity index (χ0n) is 11.4. The highest BCUT2D eigenvalue weighted by molar-refractivity contribution is 5.77. The number of ether oxygens (including phenoxy) is 1. The molecule has 0 radical (unpaired) electrons. The van der Waals surface area contributed by atoms with Gasteiger partial charge in [0.05, 0.1) is 16.0 Å². The lowest BCUT2D eigenvalue weighted by atomic mass is 10.2. The fourth-order valence-corrected chi connectivity index (χ4v) is 1.91. The van der Waals surface area contributed by atoms with Crippen LogP contribution in [0.4, 0.5) is 5.69 Å². The SMILES string of the molecule is C.C=CCOC(=O)CCCc1nc2ccc([N+](=O)[O-])cc2[nH]1. The molecule has 1 N–H and O–H groups in total. The molecule has 0 aliphatic rings. The van der Waals surface area contributed by atoms with Gasteiger partial charge in [0.1, 0.15) is 12.4 Å². The average molecular weight is 305 g/mol. The van der Waals surface area contributed by atoms with Crippen LogP contribution >= 0.6 is 0 Å². The van der Waals surface area contributed by atoms with Gasteiger partial charge in [0, 0.05) is 25.0 Å². The fourth-order valence-electron chi connectivity index (χ4n) is 1.91. The van der Waals surface area contributed by atoms with E-state index in [4.69, 9.17) is 4.74 Å². The third kappa shape index (κ3) is 4.41. The van der Waals surface area contributed by atoms with Crippen molar-refractivity contribution in [3.8, 4) is 0 Å². The molecule has 7 heteroatoms. The molecule has 2 rings (SSSR count). The Morgan fingerprint density at radius 1 is 1.50 bits per heavy atom. The van der Waals surface area contributed by atoms with E-state index in [0.717, 1.165) is 0 Å². The molecule has 118 valence electrons. The number of rotatable bonds is 7. The fraction of sp³-hybridized carbons (Fsp3) is 0.333. The zero-order chi connectivity index (χ0) is 15.2. The molecule has 1 aromatic heterocycles. The van der Waals surface area contributed by atoms with E-state index in [1.54, 1.807) is 6.07 Å². The number of benzene rings is 1. The molecule has 0 bridgehead atoms. The van der Waals surface area contributed by atoms with Gasteiger partial charge in [-0.3, -0.25) is 14.9 Å². The van der Waals surface area contributed by atoms with Crippen molar-refractivity contribution in [3.05, 3.63) is 46.8 Å². The molecule has 0 fully saturated rings. The van der Waals surface area contributed by atoms with E-state index in [9.17, 15) is 14.9 Å². The molecule has 0 unspecified atom stereocenters. The second-order valence-corrected chi connectivity index (χ2v) is 4.47. The van der Waals surface area contributed by atoms with Crippen LogP contribution < -0.4 is 0 Å². The first-order valence-electron chi connectivity index (χ1n) is 6.49. The molecule has 7 nitrogen and oxygen atoms in total. The number of hydrogen-bond acceptors (Lipinski definition) is 5. The second kappa shape index (κ2) is 7.92. The summed E-state index contributed by atoms with van der Waals surface area (Å²) < 4.78 is 4.87. The number of non-ortho nitro benzene ring substituents is 1. The molecule has 0 aliphatic heterocycles. The minimum absolute atomic E-state index is 0. The van der Waals surface area contributed by atoms with Crippen molar-refractivity contribution in [2.45, 2.75) is 26.7 Å². The van der Waals surface area contributed by atoms with Crippen molar-refractivity contribution in [3.63, 3.8) is 0 Å². The van der Waals surface area contributed by atoms with Crippen LogP contribution in [0.15, 0.2) is 30.9 Å². The number of hydrogen-bond donors (Lipinski definition) is 1. The Kier molecular flexibility index (Phi) is 6.25. The molecule has 0 saturated carbocycles. The molecular weight excluding hydrogens is 286 g/mol. The summed E-state index contributed by atoms with van der Waals surface area (Å²) in [7, 11) is 0. The summed E-state index contributed by atoms with van der Waals surface area (Å²) in [6, 6.07) is 4.47. The van der Waals surface area contributed by atoms with E-state index in [2.05, 4.69) is 16.5 Å². The molecular formula is C15H19N3O4. The largest absolute Gasteiger partial charge is 0.461 e. The molecule has 0 saturated heterocycles. The lowest BCUT2D eigenvalue weighted by Gasteiger charge is -2.00. The smallest absolute Gasteiger partial charge is 0.306 e. The van der Waals surface area contributed by atoms with Gasteiger partial charge in [-0.25, -0.2) is 4.98 Å². The van der Waals surface area contributed by atoms with Crippen molar-refractivity contribution in [1.82, 2.24) is 9.97 Å². The standard InChI is InChI=1S/C14H15N3O4.CH4/c1-2-8-21-14(18)5-3-4-13-15-11-7-6-10(17(19)20)9-12(11)16-13;/h2,6-7,9H,1,3-5,8H2,(H,15,16);1H4. The summed E-state index contributed by atoms with van der Waals surface area (Å²) in [5, 5.41) is 10.7.